The zero-order valence-electron chi connectivity index (χ0n) is 10.7. The molecule has 2 N–H and O–H groups in total. The average molecular weight is 261 g/mol. The number of halogens is 1. The molecular formula is C13H25ClN2O. The lowest BCUT2D eigenvalue weighted by Gasteiger charge is -2.20. The Labute approximate surface area is 111 Å². The Hall–Kier alpha value is -0.280. The van der Waals surface area contributed by atoms with Crippen LogP contribution in [0.4, 0.5) is 0 Å². The molecule has 100 valence electrons. The molecule has 1 amide bonds. The van der Waals surface area contributed by atoms with E-state index in [2.05, 4.69) is 17.6 Å². The van der Waals surface area contributed by atoms with E-state index in [0.717, 1.165) is 12.5 Å². The van der Waals surface area contributed by atoms with Crippen LogP contribution in [0.3, 0.4) is 0 Å². The van der Waals surface area contributed by atoms with E-state index in [9.17, 15) is 4.79 Å². The molecule has 2 aliphatic rings. The van der Waals surface area contributed by atoms with Gasteiger partial charge in [-0.1, -0.05) is 12.8 Å². The molecule has 4 heteroatoms. The lowest BCUT2D eigenvalue weighted by atomic mass is 10.00. The fraction of sp³-hybridized carbons (Fsp3) is 0.923. The quantitative estimate of drug-likeness (QED) is 0.768. The molecule has 0 aliphatic heterocycles. The second-order valence-electron chi connectivity index (χ2n) is 5.48. The van der Waals surface area contributed by atoms with E-state index in [1.807, 2.05) is 0 Å². The number of nitrogens with one attached hydrogen (secondary N) is 2. The van der Waals surface area contributed by atoms with Crippen LogP contribution < -0.4 is 10.6 Å². The van der Waals surface area contributed by atoms with Gasteiger partial charge in [-0.2, -0.15) is 0 Å². The molecule has 1 atom stereocenters. The Morgan fingerprint density at radius 2 is 1.88 bits per heavy atom. The standard InChI is InChI=1S/C13H24N2O.ClH/c1-10(12-4-2-3-5-12)15-13(16)9-14-8-11-6-7-11;/h10-12,14H,2-9H2,1H3,(H,15,16);1H. The van der Waals surface area contributed by atoms with Crippen molar-refractivity contribution in [3.05, 3.63) is 0 Å². The fourth-order valence-corrected chi connectivity index (χ4v) is 2.59. The highest BCUT2D eigenvalue weighted by atomic mass is 35.5. The monoisotopic (exact) mass is 260 g/mol. The molecule has 0 aromatic heterocycles. The average Bonchev–Trinajstić information content (AvgIpc) is 2.91. The van der Waals surface area contributed by atoms with Crippen LogP contribution in [-0.2, 0) is 4.79 Å². The molecule has 0 aromatic rings. The van der Waals surface area contributed by atoms with Crippen molar-refractivity contribution in [3.63, 3.8) is 0 Å². The molecule has 0 heterocycles. The molecule has 0 aromatic carbocycles. The van der Waals surface area contributed by atoms with E-state index >= 15 is 0 Å². The summed E-state index contributed by atoms with van der Waals surface area (Å²) in [5.41, 5.74) is 0. The van der Waals surface area contributed by atoms with Crippen LogP contribution in [0, 0.1) is 11.8 Å². The topological polar surface area (TPSA) is 41.1 Å². The largest absolute Gasteiger partial charge is 0.352 e. The van der Waals surface area contributed by atoms with Crippen LogP contribution in [0.25, 0.3) is 0 Å². The highest BCUT2D eigenvalue weighted by Gasteiger charge is 2.23. The van der Waals surface area contributed by atoms with E-state index < -0.39 is 0 Å². The van der Waals surface area contributed by atoms with Crippen LogP contribution in [0.1, 0.15) is 45.4 Å². The minimum Gasteiger partial charge on any atom is -0.352 e. The number of rotatable bonds is 6. The number of carbonyl (C=O) groups excluding carboxylic acids is 1. The second-order valence-corrected chi connectivity index (χ2v) is 5.48. The summed E-state index contributed by atoms with van der Waals surface area (Å²) in [6.45, 7) is 3.66. The van der Waals surface area contributed by atoms with Gasteiger partial charge < -0.3 is 10.6 Å². The summed E-state index contributed by atoms with van der Waals surface area (Å²) >= 11 is 0. The van der Waals surface area contributed by atoms with Gasteiger partial charge >= 0.3 is 0 Å². The van der Waals surface area contributed by atoms with Crippen molar-refractivity contribution in [2.75, 3.05) is 13.1 Å². The maximum absolute atomic E-state index is 11.6. The Morgan fingerprint density at radius 1 is 1.24 bits per heavy atom. The van der Waals surface area contributed by atoms with Gasteiger partial charge in [0.15, 0.2) is 0 Å². The van der Waals surface area contributed by atoms with Crippen LogP contribution in [0.15, 0.2) is 0 Å². The van der Waals surface area contributed by atoms with Gasteiger partial charge in [-0.05, 0) is 51.0 Å². The molecule has 2 rings (SSSR count). The molecule has 2 fully saturated rings. The van der Waals surface area contributed by atoms with Gasteiger partial charge in [0.25, 0.3) is 0 Å². The molecule has 0 bridgehead atoms. The van der Waals surface area contributed by atoms with Gasteiger partial charge in [0.2, 0.25) is 5.91 Å². The predicted molar refractivity (Wildman–Crippen MR) is 72.4 cm³/mol. The lowest BCUT2D eigenvalue weighted by Crippen LogP contribution is -2.42. The minimum absolute atomic E-state index is 0. The maximum atomic E-state index is 11.6. The SMILES string of the molecule is CC(NC(=O)CNCC1CC1)C1CCCC1.Cl. The molecule has 1 unspecified atom stereocenters. The summed E-state index contributed by atoms with van der Waals surface area (Å²) in [7, 11) is 0. The molecular weight excluding hydrogens is 236 g/mol. The fourth-order valence-electron chi connectivity index (χ4n) is 2.59. The van der Waals surface area contributed by atoms with Gasteiger partial charge in [0.1, 0.15) is 0 Å². The third-order valence-corrected chi connectivity index (χ3v) is 3.91. The first-order valence-electron chi connectivity index (χ1n) is 6.76. The highest BCUT2D eigenvalue weighted by molar-refractivity contribution is 5.85. The van der Waals surface area contributed by atoms with Gasteiger partial charge in [-0.3, -0.25) is 4.79 Å². The van der Waals surface area contributed by atoms with E-state index in [-0.39, 0.29) is 18.3 Å². The molecule has 0 spiro atoms. The molecule has 3 nitrogen and oxygen atoms in total. The summed E-state index contributed by atoms with van der Waals surface area (Å²) in [4.78, 5) is 11.6. The first kappa shape index (κ1) is 14.8. The van der Waals surface area contributed by atoms with Crippen LogP contribution in [0.5, 0.6) is 0 Å². The number of carbonyl (C=O) groups is 1. The van der Waals surface area contributed by atoms with Crippen LogP contribution in [0.2, 0.25) is 0 Å². The highest BCUT2D eigenvalue weighted by Crippen LogP contribution is 2.28. The van der Waals surface area contributed by atoms with Crippen molar-refractivity contribution in [3.8, 4) is 0 Å². The molecule has 2 saturated carbocycles. The lowest BCUT2D eigenvalue weighted by molar-refractivity contribution is -0.121. The van der Waals surface area contributed by atoms with Crippen molar-refractivity contribution in [2.45, 2.75) is 51.5 Å². The van der Waals surface area contributed by atoms with Gasteiger partial charge in [-0.25, -0.2) is 0 Å². The van der Waals surface area contributed by atoms with E-state index in [1.54, 1.807) is 0 Å². The summed E-state index contributed by atoms with van der Waals surface area (Å²) in [6, 6.07) is 0.359. The Morgan fingerprint density at radius 3 is 2.47 bits per heavy atom. The number of amides is 1. The van der Waals surface area contributed by atoms with E-state index in [1.165, 1.54) is 38.5 Å². The smallest absolute Gasteiger partial charge is 0.234 e. The van der Waals surface area contributed by atoms with E-state index in [0.29, 0.717) is 18.5 Å². The molecule has 0 saturated heterocycles. The zero-order chi connectivity index (χ0) is 11.4. The summed E-state index contributed by atoms with van der Waals surface area (Å²) in [5, 5.41) is 6.35. The maximum Gasteiger partial charge on any atom is 0.234 e. The van der Waals surface area contributed by atoms with Gasteiger partial charge in [-0.15, -0.1) is 12.4 Å². The number of hydrogen-bond donors (Lipinski definition) is 2. The third kappa shape index (κ3) is 5.26. The predicted octanol–water partition coefficient (Wildman–Crippen LogP) is 2.10. The van der Waals surface area contributed by atoms with Crippen LogP contribution in [-0.4, -0.2) is 25.0 Å². The molecule has 17 heavy (non-hydrogen) atoms. The van der Waals surface area contributed by atoms with Crippen molar-refractivity contribution in [2.24, 2.45) is 11.8 Å². The summed E-state index contributed by atoms with van der Waals surface area (Å²) < 4.78 is 0. The van der Waals surface area contributed by atoms with Crippen molar-refractivity contribution < 1.29 is 4.79 Å². The second kappa shape index (κ2) is 7.22. The Balaban J connectivity index is 0.00000144. The van der Waals surface area contributed by atoms with Gasteiger partial charge in [0.05, 0.1) is 6.54 Å². The first-order valence-corrected chi connectivity index (χ1v) is 6.76. The molecule has 2 aliphatic carbocycles. The van der Waals surface area contributed by atoms with Crippen LogP contribution >= 0.6 is 12.4 Å². The van der Waals surface area contributed by atoms with E-state index in [4.69, 9.17) is 0 Å². The minimum atomic E-state index is 0. The Bertz CT molecular complexity index is 238. The van der Waals surface area contributed by atoms with Crippen molar-refractivity contribution in [1.82, 2.24) is 10.6 Å². The number of hydrogen-bond acceptors (Lipinski definition) is 2. The van der Waals surface area contributed by atoms with Gasteiger partial charge in [0, 0.05) is 6.04 Å². The van der Waals surface area contributed by atoms with Crippen molar-refractivity contribution >= 4 is 18.3 Å². The Kier molecular flexibility index (Phi) is 6.28. The first-order chi connectivity index (χ1) is 7.75. The van der Waals surface area contributed by atoms with Crippen molar-refractivity contribution in [1.29, 1.82) is 0 Å². The molecule has 0 radical (unpaired) electrons. The zero-order valence-corrected chi connectivity index (χ0v) is 11.5. The normalized spacial score (nSPS) is 21.9. The summed E-state index contributed by atoms with van der Waals surface area (Å²) in [6.07, 6.45) is 7.93. The summed E-state index contributed by atoms with van der Waals surface area (Å²) in [5.74, 6) is 1.73. The third-order valence-electron chi connectivity index (χ3n) is 3.91.